The molecule has 0 unspecified atom stereocenters. The van der Waals surface area contributed by atoms with Gasteiger partial charge in [-0.15, -0.1) is 0 Å². The van der Waals surface area contributed by atoms with Crippen LogP contribution in [-0.2, 0) is 20.7 Å². The summed E-state index contributed by atoms with van der Waals surface area (Å²) in [7, 11) is 0. The number of esters is 1. The van der Waals surface area contributed by atoms with Crippen molar-refractivity contribution < 1.29 is 18.7 Å². The molecule has 0 radical (unpaired) electrons. The quantitative estimate of drug-likeness (QED) is 0.472. The van der Waals surface area contributed by atoms with E-state index in [4.69, 9.17) is 9.15 Å². The van der Waals surface area contributed by atoms with Crippen LogP contribution in [0.15, 0.2) is 35.0 Å². The van der Waals surface area contributed by atoms with Crippen molar-refractivity contribution in [2.75, 3.05) is 11.9 Å². The van der Waals surface area contributed by atoms with Gasteiger partial charge in [0.25, 0.3) is 11.7 Å². The highest BCUT2D eigenvalue weighted by Gasteiger charge is 2.18. The van der Waals surface area contributed by atoms with E-state index in [1.165, 1.54) is 6.33 Å². The molecule has 3 heterocycles. The smallest absolute Gasteiger partial charge is 0.306 e. The van der Waals surface area contributed by atoms with Crippen LogP contribution in [0.3, 0.4) is 0 Å². The molecule has 0 bridgehead atoms. The van der Waals surface area contributed by atoms with Crippen molar-refractivity contribution in [1.29, 1.82) is 5.26 Å². The number of fused-ring (bicyclic) bond motifs is 2. The van der Waals surface area contributed by atoms with E-state index in [9.17, 15) is 14.9 Å². The average Bonchev–Trinajstić information content (AvgIpc) is 3.37. The molecule has 0 aliphatic carbocycles. The van der Waals surface area contributed by atoms with Gasteiger partial charge in [-0.2, -0.15) is 15.3 Å². The molecule has 4 rings (SSSR count). The lowest BCUT2D eigenvalue weighted by Gasteiger charge is -2.10. The minimum Gasteiger partial charge on any atom is -0.456 e. The third-order valence-corrected chi connectivity index (χ3v) is 4.89. The van der Waals surface area contributed by atoms with E-state index in [0.29, 0.717) is 23.2 Å². The Kier molecular flexibility index (Phi) is 5.32. The second-order valence-electron chi connectivity index (χ2n) is 6.86. The first kappa shape index (κ1) is 20.0. The highest BCUT2D eigenvalue weighted by atomic mass is 16.5. The van der Waals surface area contributed by atoms with E-state index in [-0.39, 0.29) is 17.9 Å². The Balaban J connectivity index is 1.36. The molecule has 0 fully saturated rings. The molecule has 1 N–H and O–H groups in total. The number of anilines is 1. The van der Waals surface area contributed by atoms with Crippen LogP contribution in [0.2, 0.25) is 0 Å². The number of furan rings is 1. The lowest BCUT2D eigenvalue weighted by molar-refractivity contribution is -0.147. The van der Waals surface area contributed by atoms with Crippen molar-refractivity contribution in [2.45, 2.75) is 26.7 Å². The minimum absolute atomic E-state index is 0.0113. The van der Waals surface area contributed by atoms with Crippen LogP contribution >= 0.6 is 0 Å². The van der Waals surface area contributed by atoms with E-state index in [2.05, 4.69) is 20.4 Å². The number of hydrogen-bond donors (Lipinski definition) is 1. The lowest BCUT2D eigenvalue weighted by Crippen LogP contribution is -2.21. The van der Waals surface area contributed by atoms with Crippen molar-refractivity contribution >= 4 is 34.3 Å². The number of rotatable bonds is 6. The summed E-state index contributed by atoms with van der Waals surface area (Å²) < 4.78 is 12.1. The number of nitrogens with one attached hydrogen (secondary N) is 1. The van der Waals surface area contributed by atoms with Gasteiger partial charge in [-0.25, -0.2) is 9.50 Å². The van der Waals surface area contributed by atoms with Gasteiger partial charge in [0.15, 0.2) is 6.61 Å². The van der Waals surface area contributed by atoms with Crippen LogP contribution < -0.4 is 5.32 Å². The van der Waals surface area contributed by atoms with Gasteiger partial charge in [-0.1, -0.05) is 12.1 Å². The summed E-state index contributed by atoms with van der Waals surface area (Å²) in [6, 6.07) is 8.86. The molecule has 0 spiro atoms. The first-order valence-electron chi connectivity index (χ1n) is 9.51. The van der Waals surface area contributed by atoms with Gasteiger partial charge in [0, 0.05) is 23.2 Å². The van der Waals surface area contributed by atoms with Crippen LogP contribution in [0.4, 0.5) is 5.69 Å². The van der Waals surface area contributed by atoms with Crippen LogP contribution in [0.1, 0.15) is 29.1 Å². The highest BCUT2D eigenvalue weighted by molar-refractivity contribution is 6.03. The van der Waals surface area contributed by atoms with Crippen molar-refractivity contribution in [1.82, 2.24) is 19.6 Å². The summed E-state index contributed by atoms with van der Waals surface area (Å²) in [6.07, 6.45) is 1.90. The molecule has 10 heteroatoms. The maximum atomic E-state index is 12.3. The number of carbonyl (C=O) groups excluding carboxylic acids is 2. The molecule has 4 aromatic rings. The predicted molar refractivity (Wildman–Crippen MR) is 109 cm³/mol. The summed E-state index contributed by atoms with van der Waals surface area (Å²) in [5, 5.41) is 16.5. The van der Waals surface area contributed by atoms with Gasteiger partial charge in [0.2, 0.25) is 5.76 Å². The largest absolute Gasteiger partial charge is 0.456 e. The Morgan fingerprint density at radius 1 is 1.29 bits per heavy atom. The fourth-order valence-electron chi connectivity index (χ4n) is 3.39. The highest BCUT2D eigenvalue weighted by Crippen LogP contribution is 2.30. The van der Waals surface area contributed by atoms with E-state index < -0.39 is 18.5 Å². The minimum atomic E-state index is -0.561. The molecule has 0 aliphatic heterocycles. The molecule has 0 saturated carbocycles. The molecule has 0 saturated heterocycles. The zero-order valence-corrected chi connectivity index (χ0v) is 16.9. The van der Waals surface area contributed by atoms with Gasteiger partial charge in [-0.05, 0) is 38.0 Å². The monoisotopic (exact) mass is 418 g/mol. The van der Waals surface area contributed by atoms with Gasteiger partial charge >= 0.3 is 5.97 Å². The van der Waals surface area contributed by atoms with Gasteiger partial charge in [-0.3, -0.25) is 9.59 Å². The van der Waals surface area contributed by atoms with Crippen LogP contribution in [0, 0.1) is 25.2 Å². The number of amides is 1. The number of para-hydroxylation sites is 1. The number of aromatic nitrogens is 4. The Bertz CT molecular complexity index is 1350. The Morgan fingerprint density at radius 2 is 2.10 bits per heavy atom. The maximum absolute atomic E-state index is 12.3. The molecular weight excluding hydrogens is 400 g/mol. The molecular formula is C21H18N6O4. The lowest BCUT2D eigenvalue weighted by atomic mass is 10.1. The van der Waals surface area contributed by atoms with E-state index in [0.717, 1.165) is 17.0 Å². The number of nitriles is 1. The zero-order valence-electron chi connectivity index (χ0n) is 16.9. The van der Waals surface area contributed by atoms with Crippen molar-refractivity contribution in [3.63, 3.8) is 0 Å². The first-order chi connectivity index (χ1) is 15.0. The SMILES string of the molecule is Cc1nc2ncnn2c(C)c1CCC(=O)OCC(=O)Nc1c(C#N)oc2ccccc12. The third kappa shape index (κ3) is 3.93. The van der Waals surface area contributed by atoms with Crippen molar-refractivity contribution in [2.24, 2.45) is 0 Å². The van der Waals surface area contributed by atoms with Crippen LogP contribution in [0.5, 0.6) is 0 Å². The summed E-state index contributed by atoms with van der Waals surface area (Å²) in [6.45, 7) is 3.26. The number of aryl methyl sites for hydroxylation is 2. The standard InChI is InChI=1S/C21H18N6O4/c1-12-14(13(2)27-21(25-12)23-11-24-27)7-8-19(29)30-10-18(28)26-20-15-5-3-4-6-16(15)31-17(20)9-22/h3-6,11H,7-8,10H2,1-2H3,(H,26,28). The summed E-state index contributed by atoms with van der Waals surface area (Å²) in [5.74, 6) is -0.594. The maximum Gasteiger partial charge on any atom is 0.306 e. The second kappa shape index (κ2) is 8.23. The summed E-state index contributed by atoms with van der Waals surface area (Å²) in [4.78, 5) is 32.9. The Labute approximate surface area is 176 Å². The van der Waals surface area contributed by atoms with E-state index in [1.807, 2.05) is 19.9 Å². The Morgan fingerprint density at radius 3 is 2.90 bits per heavy atom. The molecule has 10 nitrogen and oxygen atoms in total. The van der Waals surface area contributed by atoms with Crippen LogP contribution in [-0.4, -0.2) is 38.1 Å². The number of benzene rings is 1. The van der Waals surface area contributed by atoms with Gasteiger partial charge in [0.05, 0.1) is 0 Å². The van der Waals surface area contributed by atoms with E-state index in [1.54, 1.807) is 28.8 Å². The van der Waals surface area contributed by atoms with Gasteiger partial charge in [0.1, 0.15) is 23.7 Å². The fourth-order valence-corrected chi connectivity index (χ4v) is 3.39. The van der Waals surface area contributed by atoms with Crippen molar-refractivity contribution in [3.05, 3.63) is 53.3 Å². The molecule has 1 aromatic carbocycles. The predicted octanol–water partition coefficient (Wildman–Crippen LogP) is 2.47. The zero-order chi connectivity index (χ0) is 22.0. The molecule has 31 heavy (non-hydrogen) atoms. The van der Waals surface area contributed by atoms with E-state index >= 15 is 0 Å². The molecule has 0 aliphatic rings. The first-order valence-corrected chi connectivity index (χ1v) is 9.51. The topological polar surface area (TPSA) is 135 Å². The molecule has 156 valence electrons. The van der Waals surface area contributed by atoms with Crippen LogP contribution in [0.25, 0.3) is 16.7 Å². The average molecular weight is 418 g/mol. The molecule has 0 atom stereocenters. The number of hydrogen-bond acceptors (Lipinski definition) is 8. The summed E-state index contributed by atoms with van der Waals surface area (Å²) in [5.41, 5.74) is 3.23. The number of ether oxygens (including phenoxy) is 1. The number of carbonyl (C=O) groups is 2. The summed E-state index contributed by atoms with van der Waals surface area (Å²) >= 11 is 0. The fraction of sp³-hybridized carbons (Fsp3) is 0.238. The Hall–Kier alpha value is -4.26. The van der Waals surface area contributed by atoms with Gasteiger partial charge < -0.3 is 14.5 Å². The normalized spacial score (nSPS) is 10.9. The second-order valence-corrected chi connectivity index (χ2v) is 6.86. The van der Waals surface area contributed by atoms with Crippen molar-refractivity contribution in [3.8, 4) is 6.07 Å². The third-order valence-electron chi connectivity index (χ3n) is 4.89. The molecule has 1 amide bonds. The number of nitrogens with zero attached hydrogens (tertiary/aromatic N) is 5. The molecule has 3 aromatic heterocycles.